The second-order valence-electron chi connectivity index (χ2n) is 6.74. The molecule has 0 spiro atoms. The zero-order chi connectivity index (χ0) is 13.4. The molecule has 1 aromatic rings. The van der Waals surface area contributed by atoms with Crippen molar-refractivity contribution < 1.29 is 0 Å². The molecule has 0 bridgehead atoms. The Morgan fingerprint density at radius 3 is 2.33 bits per heavy atom. The highest BCUT2D eigenvalue weighted by Crippen LogP contribution is 2.55. The minimum Gasteiger partial charge on any atom is -0.144 e. The first-order valence-corrected chi connectivity index (χ1v) is 8.86. The van der Waals surface area contributed by atoms with E-state index in [4.69, 9.17) is 0 Å². The van der Waals surface area contributed by atoms with Crippen LogP contribution in [0.4, 0.5) is 0 Å². The van der Waals surface area contributed by atoms with Gasteiger partial charge in [0.1, 0.15) is 0 Å². The third-order valence-corrected chi connectivity index (χ3v) is 7.80. The summed E-state index contributed by atoms with van der Waals surface area (Å²) in [6.07, 6.45) is 6.90. The van der Waals surface area contributed by atoms with Gasteiger partial charge in [0.2, 0.25) is 0 Å². The average Bonchev–Trinajstić information content (AvgIpc) is 2.97. The molecule has 1 unspecified atom stereocenters. The van der Waals surface area contributed by atoms with Gasteiger partial charge in [-0.05, 0) is 42.2 Å². The lowest BCUT2D eigenvalue weighted by Crippen LogP contribution is -2.20. The maximum absolute atomic E-state index is 4.02. The summed E-state index contributed by atoms with van der Waals surface area (Å²) in [6, 6.07) is 4.67. The van der Waals surface area contributed by atoms with Crippen molar-refractivity contribution in [2.24, 2.45) is 5.41 Å². The fourth-order valence-electron chi connectivity index (χ4n) is 3.06. The number of thiophene rings is 1. The van der Waals surface area contributed by atoms with Gasteiger partial charge in [-0.1, -0.05) is 56.5 Å². The van der Waals surface area contributed by atoms with Crippen molar-refractivity contribution in [3.05, 3.63) is 21.9 Å². The summed E-state index contributed by atoms with van der Waals surface area (Å²) in [5, 5.41) is 0. The van der Waals surface area contributed by atoms with Crippen LogP contribution in [0.25, 0.3) is 0 Å². The molecule has 0 saturated heterocycles. The summed E-state index contributed by atoms with van der Waals surface area (Å²) >= 11 is 6.02. The van der Waals surface area contributed by atoms with Crippen molar-refractivity contribution >= 4 is 27.3 Å². The number of halogens is 1. The molecule has 0 amide bonds. The van der Waals surface area contributed by atoms with Gasteiger partial charge in [0.15, 0.2) is 0 Å². The highest BCUT2D eigenvalue weighted by Gasteiger charge is 2.40. The number of rotatable bonds is 3. The summed E-state index contributed by atoms with van der Waals surface area (Å²) in [5.41, 5.74) is 0.796. The minimum absolute atomic E-state index is 0.282. The van der Waals surface area contributed by atoms with Gasteiger partial charge in [-0.15, -0.1) is 11.3 Å². The van der Waals surface area contributed by atoms with Crippen molar-refractivity contribution in [3.63, 3.8) is 0 Å². The van der Waals surface area contributed by atoms with Crippen molar-refractivity contribution in [2.45, 2.75) is 70.0 Å². The maximum atomic E-state index is 4.02. The van der Waals surface area contributed by atoms with Crippen LogP contribution in [0.15, 0.2) is 12.1 Å². The van der Waals surface area contributed by atoms with E-state index in [0.29, 0.717) is 10.2 Å². The van der Waals surface area contributed by atoms with Crippen LogP contribution in [0.1, 0.15) is 74.4 Å². The normalized spacial score (nSPS) is 21.2. The van der Waals surface area contributed by atoms with Crippen molar-refractivity contribution in [2.75, 3.05) is 0 Å². The van der Waals surface area contributed by atoms with Crippen molar-refractivity contribution in [1.29, 1.82) is 0 Å². The highest BCUT2D eigenvalue weighted by atomic mass is 79.9. The first-order chi connectivity index (χ1) is 8.39. The molecule has 102 valence electrons. The van der Waals surface area contributed by atoms with E-state index in [1.165, 1.54) is 41.9 Å². The van der Waals surface area contributed by atoms with E-state index in [-0.39, 0.29) is 5.41 Å². The molecule has 18 heavy (non-hydrogen) atoms. The van der Waals surface area contributed by atoms with Gasteiger partial charge in [-0.2, -0.15) is 0 Å². The van der Waals surface area contributed by atoms with Crippen LogP contribution >= 0.6 is 27.3 Å². The van der Waals surface area contributed by atoms with Crippen molar-refractivity contribution in [1.82, 2.24) is 0 Å². The molecule has 0 N–H and O–H groups in total. The predicted molar refractivity (Wildman–Crippen MR) is 85.9 cm³/mol. The van der Waals surface area contributed by atoms with Gasteiger partial charge in [0.25, 0.3) is 0 Å². The molecule has 2 heteroatoms. The molecule has 0 radical (unpaired) electrons. The van der Waals surface area contributed by atoms with E-state index in [0.717, 1.165) is 0 Å². The zero-order valence-electron chi connectivity index (χ0n) is 12.1. The Morgan fingerprint density at radius 1 is 1.28 bits per heavy atom. The van der Waals surface area contributed by atoms with Crippen LogP contribution in [0.2, 0.25) is 0 Å². The third kappa shape index (κ3) is 2.70. The first kappa shape index (κ1) is 14.6. The van der Waals surface area contributed by atoms with Crippen LogP contribution in [0.5, 0.6) is 0 Å². The summed E-state index contributed by atoms with van der Waals surface area (Å²) in [4.78, 5) is 3.59. The number of hydrogen-bond acceptors (Lipinski definition) is 1. The fraction of sp³-hybridized carbons (Fsp3) is 0.750. The van der Waals surface area contributed by atoms with E-state index >= 15 is 0 Å². The molecule has 1 aliphatic rings. The summed E-state index contributed by atoms with van der Waals surface area (Å²) in [7, 11) is 0. The SMILES string of the molecule is CCC1(C(Br)c2ccc(C(C)(C)C)s2)CCCC1. The van der Waals surface area contributed by atoms with E-state index < -0.39 is 0 Å². The summed E-state index contributed by atoms with van der Waals surface area (Å²) in [5.74, 6) is 0. The van der Waals surface area contributed by atoms with Gasteiger partial charge in [-0.25, -0.2) is 0 Å². The minimum atomic E-state index is 0.282. The molecule has 2 rings (SSSR count). The van der Waals surface area contributed by atoms with Crippen LogP contribution < -0.4 is 0 Å². The average molecular weight is 329 g/mol. The fourth-order valence-corrected chi connectivity index (χ4v) is 5.46. The first-order valence-electron chi connectivity index (χ1n) is 7.13. The van der Waals surface area contributed by atoms with Crippen LogP contribution in [-0.2, 0) is 5.41 Å². The van der Waals surface area contributed by atoms with Crippen LogP contribution in [0.3, 0.4) is 0 Å². The van der Waals surface area contributed by atoms with Crippen molar-refractivity contribution in [3.8, 4) is 0 Å². The highest BCUT2D eigenvalue weighted by molar-refractivity contribution is 9.09. The smallest absolute Gasteiger partial charge is 0.0545 e. The molecule has 1 aliphatic carbocycles. The van der Waals surface area contributed by atoms with Gasteiger partial charge in [0.05, 0.1) is 4.83 Å². The predicted octanol–water partition coefficient (Wildman–Crippen LogP) is 6.45. The van der Waals surface area contributed by atoms with Gasteiger partial charge in [-0.3, -0.25) is 0 Å². The molecular weight excluding hydrogens is 304 g/mol. The second-order valence-corrected chi connectivity index (χ2v) is 8.77. The molecule has 1 atom stereocenters. The monoisotopic (exact) mass is 328 g/mol. The van der Waals surface area contributed by atoms with E-state index in [1.54, 1.807) is 0 Å². The molecule has 1 fully saturated rings. The standard InChI is InChI=1S/C16H25BrS/c1-5-16(10-6-7-11-16)14(17)12-8-9-13(18-12)15(2,3)4/h8-9,14H,5-7,10-11H2,1-4H3. The lowest BCUT2D eigenvalue weighted by atomic mass is 9.79. The molecular formula is C16H25BrS. The topological polar surface area (TPSA) is 0 Å². The number of hydrogen-bond donors (Lipinski definition) is 0. The number of alkyl halides is 1. The Morgan fingerprint density at radius 2 is 1.89 bits per heavy atom. The van der Waals surface area contributed by atoms with Crippen LogP contribution in [0, 0.1) is 5.41 Å². The lowest BCUT2D eigenvalue weighted by Gasteiger charge is -2.32. The van der Waals surface area contributed by atoms with Gasteiger partial charge >= 0.3 is 0 Å². The van der Waals surface area contributed by atoms with E-state index in [9.17, 15) is 0 Å². The zero-order valence-corrected chi connectivity index (χ0v) is 14.5. The summed E-state index contributed by atoms with van der Waals surface area (Å²) in [6.45, 7) is 9.27. The lowest BCUT2D eigenvalue weighted by molar-refractivity contribution is 0.281. The Labute approximate surface area is 124 Å². The second kappa shape index (κ2) is 5.28. The van der Waals surface area contributed by atoms with E-state index in [2.05, 4.69) is 55.8 Å². The Kier molecular flexibility index (Phi) is 4.28. The molecule has 1 aromatic heterocycles. The Balaban J connectivity index is 2.23. The van der Waals surface area contributed by atoms with Gasteiger partial charge in [0, 0.05) is 9.75 Å². The molecule has 0 aromatic carbocycles. The third-order valence-electron chi connectivity index (χ3n) is 4.46. The van der Waals surface area contributed by atoms with Gasteiger partial charge < -0.3 is 0 Å². The molecule has 0 nitrogen and oxygen atoms in total. The maximum Gasteiger partial charge on any atom is 0.0545 e. The van der Waals surface area contributed by atoms with Crippen LogP contribution in [-0.4, -0.2) is 0 Å². The Hall–Kier alpha value is 0.180. The molecule has 0 aliphatic heterocycles. The molecule has 1 heterocycles. The Bertz CT molecular complexity index is 393. The largest absolute Gasteiger partial charge is 0.144 e. The summed E-state index contributed by atoms with van der Waals surface area (Å²) < 4.78 is 0. The quantitative estimate of drug-likeness (QED) is 0.559. The molecule has 1 saturated carbocycles. The van der Waals surface area contributed by atoms with E-state index in [1.807, 2.05) is 11.3 Å².